The van der Waals surface area contributed by atoms with Crippen molar-refractivity contribution in [3.8, 4) is 5.75 Å². The molecule has 0 saturated carbocycles. The van der Waals surface area contributed by atoms with E-state index in [2.05, 4.69) is 4.74 Å². The highest BCUT2D eigenvalue weighted by Crippen LogP contribution is 2.21. The monoisotopic (exact) mass is 316 g/mol. The summed E-state index contributed by atoms with van der Waals surface area (Å²) in [5.41, 5.74) is 1.46. The lowest BCUT2D eigenvalue weighted by molar-refractivity contribution is -0.159. The maximum atomic E-state index is 11.4. The number of ether oxygens (including phenoxy) is 2. The quantitative estimate of drug-likeness (QED) is 0.766. The van der Waals surface area contributed by atoms with Gasteiger partial charge >= 0.3 is 5.97 Å². The molecule has 0 aliphatic rings. The third-order valence-corrected chi connectivity index (χ3v) is 3.30. The molecule has 0 heterocycles. The Kier molecular flexibility index (Phi) is 6.14. The molecule has 2 atom stereocenters. The largest absolute Gasteiger partial charge is 0.489 e. The Labute approximate surface area is 135 Å². The molecule has 122 valence electrons. The number of hydrogen-bond acceptors (Lipinski definition) is 5. The van der Waals surface area contributed by atoms with E-state index in [4.69, 9.17) is 4.74 Å². The zero-order valence-corrected chi connectivity index (χ0v) is 12.9. The van der Waals surface area contributed by atoms with Crippen molar-refractivity contribution >= 4 is 5.97 Å². The number of rotatable bonds is 7. The highest BCUT2D eigenvalue weighted by molar-refractivity contribution is 5.75. The fourth-order valence-electron chi connectivity index (χ4n) is 2.04. The van der Waals surface area contributed by atoms with Crippen LogP contribution in [0.5, 0.6) is 5.75 Å². The van der Waals surface area contributed by atoms with Crippen LogP contribution in [0, 0.1) is 0 Å². The van der Waals surface area contributed by atoms with Gasteiger partial charge in [0.15, 0.2) is 6.10 Å². The van der Waals surface area contributed by atoms with Crippen LogP contribution in [-0.2, 0) is 16.1 Å². The Morgan fingerprint density at radius 3 is 2.30 bits per heavy atom. The van der Waals surface area contributed by atoms with Gasteiger partial charge in [-0.05, 0) is 30.2 Å². The normalized spacial score (nSPS) is 13.2. The number of carbonyl (C=O) groups excluding carboxylic acids is 1. The first kappa shape index (κ1) is 17.0. The topological polar surface area (TPSA) is 76.0 Å². The predicted molar refractivity (Wildman–Crippen MR) is 84.8 cm³/mol. The average Bonchev–Trinajstić information content (AvgIpc) is 2.60. The van der Waals surface area contributed by atoms with Crippen molar-refractivity contribution in [3.63, 3.8) is 0 Å². The Morgan fingerprint density at radius 2 is 1.70 bits per heavy atom. The van der Waals surface area contributed by atoms with Crippen LogP contribution in [0.4, 0.5) is 0 Å². The smallest absolute Gasteiger partial charge is 0.338 e. The van der Waals surface area contributed by atoms with E-state index < -0.39 is 18.2 Å². The van der Waals surface area contributed by atoms with E-state index in [0.717, 1.165) is 5.56 Å². The van der Waals surface area contributed by atoms with Gasteiger partial charge in [0.1, 0.15) is 18.5 Å². The van der Waals surface area contributed by atoms with Crippen molar-refractivity contribution in [2.75, 3.05) is 6.61 Å². The highest BCUT2D eigenvalue weighted by Gasteiger charge is 2.26. The molecule has 0 aliphatic heterocycles. The first-order valence-corrected chi connectivity index (χ1v) is 7.41. The summed E-state index contributed by atoms with van der Waals surface area (Å²) >= 11 is 0. The molecule has 2 unspecified atom stereocenters. The third kappa shape index (κ3) is 4.81. The van der Waals surface area contributed by atoms with Crippen LogP contribution < -0.4 is 4.74 Å². The molecular formula is C18H20O5. The maximum Gasteiger partial charge on any atom is 0.338 e. The predicted octanol–water partition coefficient (Wildman–Crippen LogP) is 2.22. The molecule has 2 N–H and O–H groups in total. The number of carbonyl (C=O) groups is 1. The highest BCUT2D eigenvalue weighted by atomic mass is 16.5. The van der Waals surface area contributed by atoms with Crippen molar-refractivity contribution < 1.29 is 24.5 Å². The van der Waals surface area contributed by atoms with Crippen LogP contribution in [0.2, 0.25) is 0 Å². The molecule has 0 amide bonds. The maximum absolute atomic E-state index is 11.4. The summed E-state index contributed by atoms with van der Waals surface area (Å²) in [5, 5.41) is 19.7. The summed E-state index contributed by atoms with van der Waals surface area (Å²) in [7, 11) is 0. The van der Waals surface area contributed by atoms with Gasteiger partial charge in [0.2, 0.25) is 0 Å². The van der Waals surface area contributed by atoms with Crippen LogP contribution in [0.3, 0.4) is 0 Å². The molecule has 0 fully saturated rings. The minimum Gasteiger partial charge on any atom is -0.489 e. The fraction of sp³-hybridized carbons (Fsp3) is 0.278. The Morgan fingerprint density at radius 1 is 1.04 bits per heavy atom. The van der Waals surface area contributed by atoms with Crippen molar-refractivity contribution in [2.45, 2.75) is 25.7 Å². The van der Waals surface area contributed by atoms with Crippen LogP contribution in [-0.4, -0.2) is 28.9 Å². The average molecular weight is 316 g/mol. The first-order valence-electron chi connectivity index (χ1n) is 7.41. The molecule has 5 nitrogen and oxygen atoms in total. The molecule has 0 spiro atoms. The van der Waals surface area contributed by atoms with E-state index in [-0.39, 0.29) is 6.61 Å². The zero-order valence-electron chi connectivity index (χ0n) is 12.9. The van der Waals surface area contributed by atoms with Gasteiger partial charge in [-0.1, -0.05) is 42.5 Å². The molecule has 0 saturated heterocycles. The Bertz CT molecular complexity index is 609. The second-order valence-corrected chi connectivity index (χ2v) is 4.99. The Balaban J connectivity index is 1.94. The van der Waals surface area contributed by atoms with E-state index >= 15 is 0 Å². The lowest BCUT2D eigenvalue weighted by Crippen LogP contribution is -2.29. The van der Waals surface area contributed by atoms with E-state index in [0.29, 0.717) is 17.9 Å². The summed E-state index contributed by atoms with van der Waals surface area (Å²) in [4.78, 5) is 11.4. The van der Waals surface area contributed by atoms with Crippen LogP contribution in [0.15, 0.2) is 54.6 Å². The van der Waals surface area contributed by atoms with Gasteiger partial charge in [-0.15, -0.1) is 0 Å². The SMILES string of the molecule is CCOC(=O)C(O)C(O)c1ccc(OCc2ccccc2)cc1. The molecule has 0 aromatic heterocycles. The van der Waals surface area contributed by atoms with Gasteiger partial charge in [0.25, 0.3) is 0 Å². The van der Waals surface area contributed by atoms with Crippen molar-refractivity contribution in [3.05, 3.63) is 65.7 Å². The molecule has 2 aromatic carbocycles. The molecule has 0 aliphatic carbocycles. The molecule has 5 heteroatoms. The minimum absolute atomic E-state index is 0.148. The molecule has 23 heavy (non-hydrogen) atoms. The van der Waals surface area contributed by atoms with Crippen molar-refractivity contribution in [1.82, 2.24) is 0 Å². The number of aliphatic hydroxyl groups excluding tert-OH is 2. The summed E-state index contributed by atoms with van der Waals surface area (Å²) in [6.07, 6.45) is -2.94. The lowest BCUT2D eigenvalue weighted by atomic mass is 10.0. The van der Waals surface area contributed by atoms with E-state index in [1.165, 1.54) is 0 Å². The van der Waals surface area contributed by atoms with Crippen molar-refractivity contribution in [2.24, 2.45) is 0 Å². The van der Waals surface area contributed by atoms with E-state index in [1.54, 1.807) is 31.2 Å². The van der Waals surface area contributed by atoms with Gasteiger partial charge in [-0.3, -0.25) is 0 Å². The number of aliphatic hydroxyl groups is 2. The molecule has 2 rings (SSSR count). The van der Waals surface area contributed by atoms with Gasteiger partial charge in [0.05, 0.1) is 6.61 Å². The van der Waals surface area contributed by atoms with Crippen LogP contribution >= 0.6 is 0 Å². The number of esters is 1. The van der Waals surface area contributed by atoms with Crippen LogP contribution in [0.1, 0.15) is 24.2 Å². The second kappa shape index (κ2) is 8.31. The fourth-order valence-corrected chi connectivity index (χ4v) is 2.04. The third-order valence-electron chi connectivity index (χ3n) is 3.30. The molecule has 0 bridgehead atoms. The summed E-state index contributed by atoms with van der Waals surface area (Å²) in [6.45, 7) is 2.22. The lowest BCUT2D eigenvalue weighted by Gasteiger charge is -2.17. The van der Waals surface area contributed by atoms with Gasteiger partial charge < -0.3 is 19.7 Å². The molecular weight excluding hydrogens is 296 g/mol. The van der Waals surface area contributed by atoms with E-state index in [1.807, 2.05) is 30.3 Å². The first-order chi connectivity index (χ1) is 11.1. The minimum atomic E-state index is -1.61. The van der Waals surface area contributed by atoms with Gasteiger partial charge in [-0.25, -0.2) is 4.79 Å². The summed E-state index contributed by atoms with van der Waals surface area (Å²) in [5.74, 6) is -0.208. The molecule has 2 aromatic rings. The Hall–Kier alpha value is -2.37. The standard InChI is InChI=1S/C18H20O5/c1-2-22-18(21)17(20)16(19)14-8-10-15(11-9-14)23-12-13-6-4-3-5-7-13/h3-11,16-17,19-20H,2,12H2,1H3. The van der Waals surface area contributed by atoms with Gasteiger partial charge in [0, 0.05) is 0 Å². The van der Waals surface area contributed by atoms with Gasteiger partial charge in [-0.2, -0.15) is 0 Å². The summed E-state index contributed by atoms with van der Waals surface area (Å²) < 4.78 is 10.3. The number of hydrogen-bond donors (Lipinski definition) is 2. The number of benzene rings is 2. The van der Waals surface area contributed by atoms with Crippen molar-refractivity contribution in [1.29, 1.82) is 0 Å². The molecule has 0 radical (unpaired) electrons. The van der Waals surface area contributed by atoms with Crippen LogP contribution in [0.25, 0.3) is 0 Å². The van der Waals surface area contributed by atoms with E-state index in [9.17, 15) is 15.0 Å². The summed E-state index contributed by atoms with van der Waals surface area (Å²) in [6, 6.07) is 16.3. The zero-order chi connectivity index (χ0) is 16.7. The second-order valence-electron chi connectivity index (χ2n) is 4.99.